The van der Waals surface area contributed by atoms with E-state index < -0.39 is 0 Å². The van der Waals surface area contributed by atoms with E-state index in [1.165, 1.54) is 11.8 Å². The second-order valence-corrected chi connectivity index (χ2v) is 7.15. The van der Waals surface area contributed by atoms with Crippen molar-refractivity contribution in [2.45, 2.75) is 17.6 Å². The van der Waals surface area contributed by atoms with Gasteiger partial charge in [0, 0.05) is 24.1 Å². The van der Waals surface area contributed by atoms with Crippen LogP contribution < -0.4 is 5.32 Å². The summed E-state index contributed by atoms with van der Waals surface area (Å²) in [5.41, 5.74) is 1.08. The Morgan fingerprint density at radius 2 is 2.12 bits per heavy atom. The molecule has 0 aliphatic rings. The zero-order valence-electron chi connectivity index (χ0n) is 13.1. The summed E-state index contributed by atoms with van der Waals surface area (Å²) in [5, 5.41) is 17.1. The lowest BCUT2D eigenvalue weighted by Gasteiger charge is -2.18. The largest absolute Gasteiger partial charge is 0.344 e. The summed E-state index contributed by atoms with van der Waals surface area (Å²) in [4.78, 5) is 13.5. The number of rotatable bonds is 7. The molecule has 124 valence electrons. The summed E-state index contributed by atoms with van der Waals surface area (Å²) >= 11 is 3.11. The Balaban J connectivity index is 1.60. The van der Waals surface area contributed by atoms with Crippen molar-refractivity contribution in [3.63, 3.8) is 0 Å². The van der Waals surface area contributed by atoms with Crippen molar-refractivity contribution in [1.29, 1.82) is 0 Å². The smallest absolute Gasteiger partial charge is 0.221 e. The summed E-state index contributed by atoms with van der Waals surface area (Å²) < 4.78 is 1.60. The van der Waals surface area contributed by atoms with E-state index in [2.05, 4.69) is 20.8 Å². The number of amides is 1. The standard InChI is InChI=1S/C16H17N5OS2/c1-21-16(18-19-20-21)24-11-9-14(22)17-15(13-8-5-10-23-13)12-6-3-2-4-7-12/h2-8,10,15H,9,11H2,1H3,(H,17,22). The minimum absolute atomic E-state index is 0.0138. The zero-order valence-corrected chi connectivity index (χ0v) is 14.8. The quantitative estimate of drug-likeness (QED) is 0.657. The first kappa shape index (κ1) is 16.7. The van der Waals surface area contributed by atoms with Crippen LogP contribution in [0.3, 0.4) is 0 Å². The highest BCUT2D eigenvalue weighted by molar-refractivity contribution is 7.99. The fourth-order valence-electron chi connectivity index (χ4n) is 2.23. The Labute approximate surface area is 148 Å². The number of benzene rings is 1. The van der Waals surface area contributed by atoms with Gasteiger partial charge in [-0.15, -0.1) is 16.4 Å². The molecule has 0 fully saturated rings. The maximum atomic E-state index is 12.4. The SMILES string of the molecule is Cn1nnnc1SCCC(=O)NC(c1ccccc1)c1cccs1. The predicted octanol–water partition coefficient (Wildman–Crippen LogP) is 2.66. The molecule has 0 radical (unpaired) electrons. The number of hydrogen-bond acceptors (Lipinski definition) is 6. The number of thioether (sulfide) groups is 1. The lowest BCUT2D eigenvalue weighted by molar-refractivity contribution is -0.121. The molecule has 3 aromatic rings. The normalized spacial score (nSPS) is 12.0. The highest BCUT2D eigenvalue weighted by Crippen LogP contribution is 2.26. The van der Waals surface area contributed by atoms with Gasteiger partial charge in [-0.1, -0.05) is 48.2 Å². The average Bonchev–Trinajstić information content (AvgIpc) is 3.26. The van der Waals surface area contributed by atoms with E-state index in [1.54, 1.807) is 23.1 Å². The molecule has 3 rings (SSSR count). The zero-order chi connectivity index (χ0) is 16.8. The predicted molar refractivity (Wildman–Crippen MR) is 94.9 cm³/mol. The van der Waals surface area contributed by atoms with Gasteiger partial charge >= 0.3 is 0 Å². The molecular formula is C16H17N5OS2. The number of tetrazole rings is 1. The van der Waals surface area contributed by atoms with Crippen molar-refractivity contribution in [3.8, 4) is 0 Å². The van der Waals surface area contributed by atoms with Gasteiger partial charge < -0.3 is 5.32 Å². The van der Waals surface area contributed by atoms with Crippen LogP contribution in [0.5, 0.6) is 0 Å². The van der Waals surface area contributed by atoms with E-state index in [9.17, 15) is 4.79 Å². The monoisotopic (exact) mass is 359 g/mol. The first-order chi connectivity index (χ1) is 11.7. The molecule has 24 heavy (non-hydrogen) atoms. The fraction of sp³-hybridized carbons (Fsp3) is 0.250. The Bertz CT molecular complexity index is 773. The number of hydrogen-bond donors (Lipinski definition) is 1. The van der Waals surface area contributed by atoms with E-state index in [0.29, 0.717) is 17.3 Å². The van der Waals surface area contributed by atoms with Crippen LogP contribution in [0.25, 0.3) is 0 Å². The minimum Gasteiger partial charge on any atom is -0.344 e. The van der Waals surface area contributed by atoms with Crippen LogP contribution in [0.1, 0.15) is 22.9 Å². The number of aryl methyl sites for hydroxylation is 1. The molecular weight excluding hydrogens is 342 g/mol. The molecule has 1 amide bonds. The fourth-order valence-corrected chi connectivity index (χ4v) is 3.82. The van der Waals surface area contributed by atoms with Crippen molar-refractivity contribution in [1.82, 2.24) is 25.5 Å². The van der Waals surface area contributed by atoms with Gasteiger partial charge in [-0.05, 0) is 27.4 Å². The molecule has 0 bridgehead atoms. The number of nitrogens with one attached hydrogen (secondary N) is 1. The molecule has 6 nitrogen and oxygen atoms in total. The van der Waals surface area contributed by atoms with Gasteiger partial charge in [-0.3, -0.25) is 4.79 Å². The molecule has 0 aliphatic heterocycles. The van der Waals surface area contributed by atoms with Gasteiger partial charge in [0.1, 0.15) is 0 Å². The first-order valence-electron chi connectivity index (χ1n) is 7.47. The van der Waals surface area contributed by atoms with Crippen LogP contribution in [0.2, 0.25) is 0 Å². The van der Waals surface area contributed by atoms with E-state index in [4.69, 9.17) is 0 Å². The molecule has 1 unspecified atom stereocenters. The minimum atomic E-state index is -0.111. The molecule has 1 aromatic carbocycles. The van der Waals surface area contributed by atoms with Crippen LogP contribution in [0.4, 0.5) is 0 Å². The molecule has 0 spiro atoms. The Hall–Kier alpha value is -2.19. The van der Waals surface area contributed by atoms with Crippen molar-refractivity contribution < 1.29 is 4.79 Å². The van der Waals surface area contributed by atoms with E-state index in [0.717, 1.165) is 10.4 Å². The van der Waals surface area contributed by atoms with Crippen LogP contribution in [-0.2, 0) is 11.8 Å². The molecule has 0 saturated carbocycles. The van der Waals surface area contributed by atoms with Crippen LogP contribution in [-0.4, -0.2) is 31.9 Å². The maximum Gasteiger partial charge on any atom is 0.221 e. The number of thiophene rings is 1. The van der Waals surface area contributed by atoms with Gasteiger partial charge in [0.2, 0.25) is 11.1 Å². The molecule has 2 aromatic heterocycles. The molecule has 1 N–H and O–H groups in total. The lowest BCUT2D eigenvalue weighted by atomic mass is 10.1. The first-order valence-corrected chi connectivity index (χ1v) is 9.33. The Morgan fingerprint density at radius 1 is 1.29 bits per heavy atom. The van der Waals surface area contributed by atoms with E-state index in [1.807, 2.05) is 47.8 Å². The van der Waals surface area contributed by atoms with E-state index >= 15 is 0 Å². The number of carbonyl (C=O) groups is 1. The van der Waals surface area contributed by atoms with Crippen molar-refractivity contribution >= 4 is 29.0 Å². The molecule has 0 aliphatic carbocycles. The van der Waals surface area contributed by atoms with Gasteiger partial charge in [-0.25, -0.2) is 4.68 Å². The van der Waals surface area contributed by atoms with Crippen LogP contribution in [0.15, 0.2) is 53.0 Å². The third kappa shape index (κ3) is 4.21. The summed E-state index contributed by atoms with van der Waals surface area (Å²) in [6, 6.07) is 13.9. The van der Waals surface area contributed by atoms with Gasteiger partial charge in [0.25, 0.3) is 0 Å². The van der Waals surface area contributed by atoms with Crippen molar-refractivity contribution in [2.24, 2.45) is 7.05 Å². The molecule has 1 atom stereocenters. The summed E-state index contributed by atoms with van der Waals surface area (Å²) in [7, 11) is 1.78. The number of nitrogens with zero attached hydrogens (tertiary/aromatic N) is 4. The second-order valence-electron chi connectivity index (χ2n) is 5.11. The van der Waals surface area contributed by atoms with E-state index in [-0.39, 0.29) is 11.9 Å². The third-order valence-electron chi connectivity index (χ3n) is 3.41. The average molecular weight is 359 g/mol. The Kier molecular flexibility index (Phi) is 5.60. The number of aromatic nitrogens is 4. The highest BCUT2D eigenvalue weighted by atomic mass is 32.2. The lowest BCUT2D eigenvalue weighted by Crippen LogP contribution is -2.29. The second kappa shape index (κ2) is 8.07. The molecule has 8 heteroatoms. The summed E-state index contributed by atoms with van der Waals surface area (Å²) in [6.07, 6.45) is 0.409. The number of carbonyl (C=O) groups excluding carboxylic acids is 1. The summed E-state index contributed by atoms with van der Waals surface area (Å²) in [5.74, 6) is 0.645. The molecule has 0 saturated heterocycles. The van der Waals surface area contributed by atoms with Crippen molar-refractivity contribution in [3.05, 3.63) is 58.3 Å². The van der Waals surface area contributed by atoms with Gasteiger partial charge in [0.05, 0.1) is 6.04 Å². The van der Waals surface area contributed by atoms with Crippen LogP contribution >= 0.6 is 23.1 Å². The third-order valence-corrected chi connectivity index (χ3v) is 5.36. The van der Waals surface area contributed by atoms with Gasteiger partial charge in [0.15, 0.2) is 0 Å². The van der Waals surface area contributed by atoms with Crippen LogP contribution in [0, 0.1) is 0 Å². The topological polar surface area (TPSA) is 72.7 Å². The van der Waals surface area contributed by atoms with Crippen molar-refractivity contribution in [2.75, 3.05) is 5.75 Å². The molecule has 2 heterocycles. The van der Waals surface area contributed by atoms with Gasteiger partial charge in [-0.2, -0.15) is 0 Å². The maximum absolute atomic E-state index is 12.4. The highest BCUT2D eigenvalue weighted by Gasteiger charge is 2.17. The Morgan fingerprint density at radius 3 is 2.79 bits per heavy atom. The summed E-state index contributed by atoms with van der Waals surface area (Å²) in [6.45, 7) is 0.